The van der Waals surface area contributed by atoms with Crippen molar-refractivity contribution in [2.75, 3.05) is 14.2 Å². The van der Waals surface area contributed by atoms with Crippen molar-refractivity contribution in [1.29, 1.82) is 0 Å². The molecule has 0 fully saturated rings. The highest BCUT2D eigenvalue weighted by molar-refractivity contribution is 5.96. The molecule has 0 saturated heterocycles. The van der Waals surface area contributed by atoms with Gasteiger partial charge >= 0.3 is 0 Å². The van der Waals surface area contributed by atoms with Gasteiger partial charge in [0, 0.05) is 11.5 Å². The lowest BCUT2D eigenvalue weighted by molar-refractivity contribution is -0.383. The molecule has 0 aromatic heterocycles. The molecule has 0 aliphatic heterocycles. The molecule has 0 heterocycles. The second-order valence-electron chi connectivity index (χ2n) is 3.46. The van der Waals surface area contributed by atoms with Gasteiger partial charge in [0.15, 0.2) is 0 Å². The lowest BCUT2D eigenvalue weighted by Crippen LogP contribution is -1.93. The largest absolute Gasteiger partial charge is 0.497 e. The van der Waals surface area contributed by atoms with E-state index in [2.05, 4.69) is 0 Å². The van der Waals surface area contributed by atoms with Gasteiger partial charge in [0.2, 0.25) is 0 Å². The number of nitro groups is 1. The van der Waals surface area contributed by atoms with E-state index < -0.39 is 4.92 Å². The first-order chi connectivity index (χ1) is 8.17. The number of fused-ring (bicyclic) bond motifs is 1. The lowest BCUT2D eigenvalue weighted by atomic mass is 10.1. The van der Waals surface area contributed by atoms with E-state index in [1.165, 1.54) is 13.2 Å². The van der Waals surface area contributed by atoms with Gasteiger partial charge in [-0.15, -0.1) is 0 Å². The Morgan fingerprint density at radius 2 is 1.82 bits per heavy atom. The molecule has 17 heavy (non-hydrogen) atoms. The maximum absolute atomic E-state index is 10.9. The number of methoxy groups -OCH3 is 2. The number of benzene rings is 2. The number of hydrogen-bond donors (Lipinski definition) is 0. The van der Waals surface area contributed by atoms with Crippen LogP contribution in [0, 0.1) is 10.1 Å². The molecule has 2 aromatic carbocycles. The highest BCUT2D eigenvalue weighted by Crippen LogP contribution is 2.34. The fourth-order valence-corrected chi connectivity index (χ4v) is 1.75. The molecule has 0 amide bonds. The summed E-state index contributed by atoms with van der Waals surface area (Å²) in [7, 11) is 3.07. The highest BCUT2D eigenvalue weighted by atomic mass is 16.6. The fourth-order valence-electron chi connectivity index (χ4n) is 1.75. The van der Waals surface area contributed by atoms with Crippen LogP contribution in [0.2, 0.25) is 0 Å². The van der Waals surface area contributed by atoms with Crippen LogP contribution in [0.3, 0.4) is 0 Å². The van der Waals surface area contributed by atoms with E-state index in [-0.39, 0.29) is 5.69 Å². The van der Waals surface area contributed by atoms with E-state index in [1.807, 2.05) is 0 Å². The van der Waals surface area contributed by atoms with Crippen LogP contribution < -0.4 is 9.47 Å². The molecule has 5 nitrogen and oxygen atoms in total. The first-order valence-electron chi connectivity index (χ1n) is 4.96. The van der Waals surface area contributed by atoms with Gasteiger partial charge in [0.25, 0.3) is 5.69 Å². The Morgan fingerprint density at radius 1 is 1.06 bits per heavy atom. The first kappa shape index (κ1) is 11.2. The van der Waals surface area contributed by atoms with E-state index in [0.717, 1.165) is 0 Å². The van der Waals surface area contributed by atoms with Crippen molar-refractivity contribution in [1.82, 2.24) is 0 Å². The molecule has 0 atom stereocenters. The summed E-state index contributed by atoms with van der Waals surface area (Å²) in [5.41, 5.74) is 0.0588. The molecule has 0 radical (unpaired) electrons. The lowest BCUT2D eigenvalue weighted by Gasteiger charge is -2.07. The average molecular weight is 233 g/mol. The van der Waals surface area contributed by atoms with Crippen LogP contribution in [0.4, 0.5) is 5.69 Å². The molecular weight excluding hydrogens is 222 g/mol. The number of nitro benzene ring substituents is 1. The summed E-state index contributed by atoms with van der Waals surface area (Å²) >= 11 is 0. The van der Waals surface area contributed by atoms with Crippen LogP contribution in [0.1, 0.15) is 0 Å². The van der Waals surface area contributed by atoms with Crippen molar-refractivity contribution in [2.45, 2.75) is 0 Å². The molecule has 0 saturated carbocycles. The van der Waals surface area contributed by atoms with Crippen LogP contribution in [-0.2, 0) is 0 Å². The topological polar surface area (TPSA) is 61.6 Å². The number of non-ortho nitro benzene ring substituents is 1. The predicted octanol–water partition coefficient (Wildman–Crippen LogP) is 2.77. The van der Waals surface area contributed by atoms with Crippen molar-refractivity contribution in [3.05, 3.63) is 40.4 Å². The Labute approximate surface area is 97.7 Å². The van der Waals surface area contributed by atoms with Gasteiger partial charge in [-0.25, -0.2) is 0 Å². The Bertz CT molecular complexity index is 580. The minimum Gasteiger partial charge on any atom is -0.497 e. The zero-order valence-corrected chi connectivity index (χ0v) is 9.47. The summed E-state index contributed by atoms with van der Waals surface area (Å²) in [5.74, 6) is 1.22. The first-order valence-corrected chi connectivity index (χ1v) is 4.96. The maximum Gasteiger partial charge on any atom is 0.277 e. The maximum atomic E-state index is 10.9. The molecule has 0 aliphatic rings. The molecule has 88 valence electrons. The van der Waals surface area contributed by atoms with E-state index in [1.54, 1.807) is 31.4 Å². The summed E-state index contributed by atoms with van der Waals surface area (Å²) in [6.07, 6.45) is 0. The molecule has 0 spiro atoms. The standard InChI is InChI=1S/C12H11NO4/c1-16-8-3-4-9-10(7-8)12(17-2)6-5-11(9)13(14)15/h3-7H,1-2H3. The number of rotatable bonds is 3. The van der Waals surface area contributed by atoms with Crippen molar-refractivity contribution in [3.8, 4) is 11.5 Å². The second-order valence-corrected chi connectivity index (χ2v) is 3.46. The van der Waals surface area contributed by atoms with Gasteiger partial charge in [-0.3, -0.25) is 10.1 Å². The normalized spacial score (nSPS) is 10.2. The minimum absolute atomic E-state index is 0.0588. The number of hydrogen-bond acceptors (Lipinski definition) is 4. The smallest absolute Gasteiger partial charge is 0.277 e. The van der Waals surface area contributed by atoms with Gasteiger partial charge in [-0.05, 0) is 24.3 Å². The van der Waals surface area contributed by atoms with E-state index in [4.69, 9.17) is 9.47 Å². The molecule has 0 unspecified atom stereocenters. The number of nitrogens with zero attached hydrogens (tertiary/aromatic N) is 1. The van der Waals surface area contributed by atoms with Crippen LogP contribution >= 0.6 is 0 Å². The average Bonchev–Trinajstić information content (AvgIpc) is 2.36. The van der Waals surface area contributed by atoms with Gasteiger partial charge in [-0.2, -0.15) is 0 Å². The fraction of sp³-hybridized carbons (Fsp3) is 0.167. The van der Waals surface area contributed by atoms with E-state index in [9.17, 15) is 10.1 Å². The van der Waals surface area contributed by atoms with Crippen LogP contribution in [0.5, 0.6) is 11.5 Å². The molecule has 2 aromatic rings. The summed E-state index contributed by atoms with van der Waals surface area (Å²) in [6, 6.07) is 8.10. The van der Waals surface area contributed by atoms with Gasteiger partial charge in [0.05, 0.1) is 24.5 Å². The van der Waals surface area contributed by atoms with Gasteiger partial charge in [0.1, 0.15) is 11.5 Å². The van der Waals surface area contributed by atoms with Gasteiger partial charge < -0.3 is 9.47 Å². The zero-order valence-electron chi connectivity index (χ0n) is 9.47. The molecule has 0 aliphatic carbocycles. The summed E-state index contributed by atoms with van der Waals surface area (Å²) < 4.78 is 10.3. The summed E-state index contributed by atoms with van der Waals surface area (Å²) in [6.45, 7) is 0. The molecule has 0 N–H and O–H groups in total. The Kier molecular flexibility index (Phi) is 2.82. The molecule has 5 heteroatoms. The minimum atomic E-state index is -0.408. The highest BCUT2D eigenvalue weighted by Gasteiger charge is 2.15. The van der Waals surface area contributed by atoms with Crippen LogP contribution in [-0.4, -0.2) is 19.1 Å². The van der Waals surface area contributed by atoms with E-state index >= 15 is 0 Å². The third kappa shape index (κ3) is 1.87. The summed E-state index contributed by atoms with van der Waals surface area (Å²) in [5, 5.41) is 12.1. The SMILES string of the molecule is COc1ccc2c([N+](=O)[O-])ccc(OC)c2c1. The molecule has 0 bridgehead atoms. The monoisotopic (exact) mass is 233 g/mol. The van der Waals surface area contributed by atoms with Crippen LogP contribution in [0.25, 0.3) is 10.8 Å². The predicted molar refractivity (Wildman–Crippen MR) is 63.7 cm³/mol. The van der Waals surface area contributed by atoms with Crippen molar-refractivity contribution < 1.29 is 14.4 Å². The quantitative estimate of drug-likeness (QED) is 0.604. The van der Waals surface area contributed by atoms with Crippen molar-refractivity contribution in [2.24, 2.45) is 0 Å². The van der Waals surface area contributed by atoms with Gasteiger partial charge in [-0.1, -0.05) is 0 Å². The zero-order chi connectivity index (χ0) is 12.4. The number of ether oxygens (including phenoxy) is 2. The van der Waals surface area contributed by atoms with Crippen molar-refractivity contribution >= 4 is 16.5 Å². The molecular formula is C12H11NO4. The van der Waals surface area contributed by atoms with Crippen molar-refractivity contribution in [3.63, 3.8) is 0 Å². The third-order valence-corrected chi connectivity index (χ3v) is 2.58. The summed E-state index contributed by atoms with van der Waals surface area (Å²) in [4.78, 5) is 10.5. The Morgan fingerprint density at radius 3 is 2.41 bits per heavy atom. The second kappa shape index (κ2) is 4.29. The Hall–Kier alpha value is -2.30. The van der Waals surface area contributed by atoms with Crippen LogP contribution in [0.15, 0.2) is 30.3 Å². The Balaban J connectivity index is 2.79. The third-order valence-electron chi connectivity index (χ3n) is 2.58. The molecule has 2 rings (SSSR count). The van der Waals surface area contributed by atoms with E-state index in [0.29, 0.717) is 22.3 Å².